The fourth-order valence-electron chi connectivity index (χ4n) is 2.73. The topological polar surface area (TPSA) is 63.1 Å². The number of para-hydroxylation sites is 1. The molecule has 128 valence electrons. The lowest BCUT2D eigenvalue weighted by Crippen LogP contribution is -2.41. The Hall–Kier alpha value is -3.15. The lowest BCUT2D eigenvalue weighted by molar-refractivity contribution is -0.121. The maximum Gasteiger partial charge on any atom is 0.271 e. The molecule has 0 radical (unpaired) electrons. The fraction of sp³-hybridized carbons (Fsp3) is 0.158. The summed E-state index contributed by atoms with van der Waals surface area (Å²) in [6.45, 7) is 0. The van der Waals surface area contributed by atoms with E-state index in [4.69, 9.17) is 0 Å². The number of amides is 2. The van der Waals surface area contributed by atoms with Gasteiger partial charge in [-0.25, -0.2) is 4.39 Å². The second-order valence-corrected chi connectivity index (χ2v) is 5.76. The molecule has 2 N–H and O–H groups in total. The summed E-state index contributed by atoms with van der Waals surface area (Å²) in [6, 6.07) is 13.8. The third kappa shape index (κ3) is 3.68. The minimum Gasteiger partial charge on any atom is -0.350 e. The Morgan fingerprint density at radius 1 is 1.04 bits per heavy atom. The van der Waals surface area contributed by atoms with Gasteiger partial charge < -0.3 is 4.57 Å². The number of aromatic nitrogens is 1. The van der Waals surface area contributed by atoms with Crippen LogP contribution in [0.2, 0.25) is 0 Å². The van der Waals surface area contributed by atoms with Crippen molar-refractivity contribution in [2.24, 2.45) is 7.05 Å². The first kappa shape index (κ1) is 16.7. The van der Waals surface area contributed by atoms with Crippen molar-refractivity contribution < 1.29 is 14.0 Å². The highest BCUT2D eigenvalue weighted by Gasteiger charge is 2.14. The summed E-state index contributed by atoms with van der Waals surface area (Å²) in [4.78, 5) is 24.2. The molecule has 6 heteroatoms. The fourth-order valence-corrected chi connectivity index (χ4v) is 2.73. The van der Waals surface area contributed by atoms with Crippen molar-refractivity contribution in [1.29, 1.82) is 0 Å². The maximum absolute atomic E-state index is 13.5. The van der Waals surface area contributed by atoms with Crippen LogP contribution >= 0.6 is 0 Å². The van der Waals surface area contributed by atoms with Gasteiger partial charge in [-0.05, 0) is 24.1 Å². The molecule has 0 unspecified atom stereocenters. The zero-order valence-electron chi connectivity index (χ0n) is 13.8. The Balaban J connectivity index is 1.58. The molecule has 1 heterocycles. The molecule has 0 saturated carbocycles. The highest BCUT2D eigenvalue weighted by atomic mass is 19.1. The number of carbonyl (C=O) groups excluding carboxylic acids is 2. The molecule has 25 heavy (non-hydrogen) atoms. The Morgan fingerprint density at radius 3 is 2.56 bits per heavy atom. The molecule has 3 aromatic rings. The van der Waals surface area contributed by atoms with Gasteiger partial charge in [0.2, 0.25) is 5.91 Å². The quantitative estimate of drug-likeness (QED) is 0.718. The van der Waals surface area contributed by atoms with E-state index in [9.17, 15) is 14.0 Å². The van der Waals surface area contributed by atoms with Gasteiger partial charge >= 0.3 is 0 Å². The van der Waals surface area contributed by atoms with Crippen LogP contribution in [-0.4, -0.2) is 16.4 Å². The maximum atomic E-state index is 13.5. The number of rotatable bonds is 4. The monoisotopic (exact) mass is 339 g/mol. The van der Waals surface area contributed by atoms with Crippen LogP contribution in [0.1, 0.15) is 22.3 Å². The number of hydrogen-bond acceptors (Lipinski definition) is 2. The van der Waals surface area contributed by atoms with E-state index < -0.39 is 5.91 Å². The minimum absolute atomic E-state index is 0.0801. The number of hydrazine groups is 1. The van der Waals surface area contributed by atoms with Gasteiger partial charge in [-0.15, -0.1) is 0 Å². The molecule has 0 aliphatic carbocycles. The van der Waals surface area contributed by atoms with Gasteiger partial charge in [0.05, 0.1) is 5.56 Å². The minimum atomic E-state index is -0.393. The highest BCUT2D eigenvalue weighted by molar-refractivity contribution is 6.07. The van der Waals surface area contributed by atoms with E-state index in [1.54, 1.807) is 24.4 Å². The Kier molecular flexibility index (Phi) is 4.79. The van der Waals surface area contributed by atoms with E-state index in [1.165, 1.54) is 6.07 Å². The van der Waals surface area contributed by atoms with Crippen molar-refractivity contribution in [2.45, 2.75) is 12.8 Å². The zero-order chi connectivity index (χ0) is 17.8. The molecule has 0 bridgehead atoms. The first-order valence-electron chi connectivity index (χ1n) is 7.93. The smallest absolute Gasteiger partial charge is 0.271 e. The largest absolute Gasteiger partial charge is 0.350 e. The normalized spacial score (nSPS) is 10.6. The van der Waals surface area contributed by atoms with Gasteiger partial charge in [0.1, 0.15) is 5.82 Å². The number of benzene rings is 2. The molecule has 5 nitrogen and oxygen atoms in total. The summed E-state index contributed by atoms with van der Waals surface area (Å²) in [6.07, 6.45) is 2.06. The van der Waals surface area contributed by atoms with Crippen molar-refractivity contribution in [3.8, 4) is 0 Å². The predicted molar refractivity (Wildman–Crippen MR) is 93.2 cm³/mol. The van der Waals surface area contributed by atoms with Crippen LogP contribution in [0.3, 0.4) is 0 Å². The molecule has 0 aliphatic heterocycles. The third-order valence-electron chi connectivity index (χ3n) is 4.04. The van der Waals surface area contributed by atoms with E-state index in [1.807, 2.05) is 35.9 Å². The summed E-state index contributed by atoms with van der Waals surface area (Å²) in [7, 11) is 1.85. The number of halogens is 1. The molecule has 0 spiro atoms. The van der Waals surface area contributed by atoms with Crippen molar-refractivity contribution in [1.82, 2.24) is 15.4 Å². The number of aryl methyl sites for hydroxylation is 2. The van der Waals surface area contributed by atoms with Crippen LogP contribution in [0.25, 0.3) is 10.9 Å². The SMILES string of the molecule is Cn1cc(C(=O)NNC(=O)CCc2ccccc2F)c2ccccc21. The molecule has 2 aromatic carbocycles. The van der Waals surface area contributed by atoms with Crippen molar-refractivity contribution in [3.63, 3.8) is 0 Å². The standard InChI is InChI=1S/C19H18FN3O2/c1-23-12-15(14-7-3-5-9-17(14)23)19(25)22-21-18(24)11-10-13-6-2-4-8-16(13)20/h2-9,12H,10-11H2,1H3,(H,21,24)(H,22,25). The third-order valence-corrected chi connectivity index (χ3v) is 4.04. The van der Waals surface area contributed by atoms with Gasteiger partial charge in [0.15, 0.2) is 0 Å². The van der Waals surface area contributed by atoms with Crippen LogP contribution in [-0.2, 0) is 18.3 Å². The van der Waals surface area contributed by atoms with Gasteiger partial charge in [-0.2, -0.15) is 0 Å². The van der Waals surface area contributed by atoms with E-state index in [2.05, 4.69) is 10.9 Å². The van der Waals surface area contributed by atoms with Crippen molar-refractivity contribution in [3.05, 3.63) is 71.7 Å². The zero-order valence-corrected chi connectivity index (χ0v) is 13.8. The van der Waals surface area contributed by atoms with Gasteiger partial charge in [-0.1, -0.05) is 36.4 Å². The molecular weight excluding hydrogens is 321 g/mol. The number of hydrogen-bond donors (Lipinski definition) is 2. The highest BCUT2D eigenvalue weighted by Crippen LogP contribution is 2.19. The van der Waals surface area contributed by atoms with E-state index >= 15 is 0 Å². The summed E-state index contributed by atoms with van der Waals surface area (Å²) in [5, 5.41) is 0.808. The Morgan fingerprint density at radius 2 is 1.76 bits per heavy atom. The molecule has 0 aliphatic rings. The summed E-state index contributed by atoms with van der Waals surface area (Å²) >= 11 is 0. The van der Waals surface area contributed by atoms with E-state index in [0.717, 1.165) is 10.9 Å². The second-order valence-electron chi connectivity index (χ2n) is 5.76. The summed E-state index contributed by atoms with van der Waals surface area (Å²) in [5.41, 5.74) is 6.66. The van der Waals surface area contributed by atoms with E-state index in [0.29, 0.717) is 11.1 Å². The average molecular weight is 339 g/mol. The molecular formula is C19H18FN3O2. The number of fused-ring (bicyclic) bond motifs is 1. The molecule has 2 amide bonds. The van der Waals surface area contributed by atoms with Crippen LogP contribution in [0.4, 0.5) is 4.39 Å². The Labute approximate surface area is 144 Å². The van der Waals surface area contributed by atoms with Crippen molar-refractivity contribution >= 4 is 22.7 Å². The molecule has 0 fully saturated rings. The number of nitrogens with one attached hydrogen (secondary N) is 2. The summed E-state index contributed by atoms with van der Waals surface area (Å²) in [5.74, 6) is -1.11. The molecule has 3 rings (SSSR count). The first-order chi connectivity index (χ1) is 12.1. The van der Waals surface area contributed by atoms with Gasteiger partial charge in [0, 0.05) is 30.6 Å². The first-order valence-corrected chi connectivity index (χ1v) is 7.93. The van der Waals surface area contributed by atoms with Crippen LogP contribution < -0.4 is 10.9 Å². The summed E-state index contributed by atoms with van der Waals surface area (Å²) < 4.78 is 15.4. The van der Waals surface area contributed by atoms with Crippen LogP contribution in [0.15, 0.2) is 54.7 Å². The predicted octanol–water partition coefficient (Wildman–Crippen LogP) is 2.71. The van der Waals surface area contributed by atoms with Gasteiger partial charge in [-0.3, -0.25) is 20.4 Å². The average Bonchev–Trinajstić information content (AvgIpc) is 2.96. The lowest BCUT2D eigenvalue weighted by atomic mass is 10.1. The number of carbonyl (C=O) groups is 2. The number of nitrogens with zero attached hydrogens (tertiary/aromatic N) is 1. The van der Waals surface area contributed by atoms with Crippen molar-refractivity contribution in [2.75, 3.05) is 0 Å². The molecule has 0 atom stereocenters. The molecule has 1 aromatic heterocycles. The lowest BCUT2D eigenvalue weighted by Gasteiger charge is -2.07. The molecule has 0 saturated heterocycles. The van der Waals surface area contributed by atoms with Crippen LogP contribution in [0, 0.1) is 5.82 Å². The van der Waals surface area contributed by atoms with E-state index in [-0.39, 0.29) is 24.6 Å². The second kappa shape index (κ2) is 7.17. The van der Waals surface area contributed by atoms with Crippen LogP contribution in [0.5, 0.6) is 0 Å². The van der Waals surface area contributed by atoms with Gasteiger partial charge in [0.25, 0.3) is 5.91 Å². The Bertz CT molecular complexity index is 933.